The molecule has 0 spiro atoms. The standard InChI is InChI=1S/C14H22N4O2/c1-11-13(10-16-17-11)3-2-8-15-9-12-4-6-14(7-5-12)18(19)20/h4-7,11,13,15-17H,2-3,8-10H2,1H3. The van der Waals surface area contributed by atoms with E-state index in [1.165, 1.54) is 6.42 Å². The third-order valence-electron chi connectivity index (χ3n) is 3.81. The van der Waals surface area contributed by atoms with Crippen molar-refractivity contribution in [2.45, 2.75) is 32.4 Å². The van der Waals surface area contributed by atoms with Crippen LogP contribution in [-0.2, 0) is 6.54 Å². The lowest BCUT2D eigenvalue weighted by atomic mass is 9.98. The van der Waals surface area contributed by atoms with E-state index in [2.05, 4.69) is 23.1 Å². The summed E-state index contributed by atoms with van der Waals surface area (Å²) in [7, 11) is 0. The van der Waals surface area contributed by atoms with Gasteiger partial charge in [-0.25, -0.2) is 0 Å². The smallest absolute Gasteiger partial charge is 0.269 e. The van der Waals surface area contributed by atoms with Crippen LogP contribution in [-0.4, -0.2) is 24.1 Å². The number of nitro benzene ring substituents is 1. The summed E-state index contributed by atoms with van der Waals surface area (Å²) in [6.07, 6.45) is 2.35. The van der Waals surface area contributed by atoms with Crippen molar-refractivity contribution in [2.24, 2.45) is 5.92 Å². The second-order valence-corrected chi connectivity index (χ2v) is 5.32. The van der Waals surface area contributed by atoms with Crippen LogP contribution in [0.3, 0.4) is 0 Å². The average molecular weight is 278 g/mol. The van der Waals surface area contributed by atoms with Gasteiger partial charge >= 0.3 is 0 Å². The monoisotopic (exact) mass is 278 g/mol. The van der Waals surface area contributed by atoms with E-state index in [4.69, 9.17) is 0 Å². The fourth-order valence-electron chi connectivity index (χ4n) is 2.46. The minimum Gasteiger partial charge on any atom is -0.313 e. The first kappa shape index (κ1) is 14.9. The molecular weight excluding hydrogens is 256 g/mol. The van der Waals surface area contributed by atoms with Gasteiger partial charge in [0.2, 0.25) is 0 Å². The van der Waals surface area contributed by atoms with Crippen LogP contribution in [0.1, 0.15) is 25.3 Å². The van der Waals surface area contributed by atoms with Gasteiger partial charge in [-0.2, -0.15) is 0 Å². The Balaban J connectivity index is 1.62. The number of hydrogen-bond acceptors (Lipinski definition) is 5. The molecule has 1 aliphatic rings. The van der Waals surface area contributed by atoms with Crippen molar-refractivity contribution >= 4 is 5.69 Å². The Hall–Kier alpha value is -1.50. The first-order chi connectivity index (χ1) is 9.66. The van der Waals surface area contributed by atoms with Gasteiger partial charge in [0.05, 0.1) is 4.92 Å². The molecule has 0 aliphatic carbocycles. The molecule has 0 amide bonds. The van der Waals surface area contributed by atoms with Crippen molar-refractivity contribution in [3.8, 4) is 0 Å². The van der Waals surface area contributed by atoms with Gasteiger partial charge in [-0.15, -0.1) is 0 Å². The van der Waals surface area contributed by atoms with Gasteiger partial charge in [0, 0.05) is 31.3 Å². The van der Waals surface area contributed by atoms with Gasteiger partial charge in [-0.05, 0) is 37.8 Å². The summed E-state index contributed by atoms with van der Waals surface area (Å²) in [5, 5.41) is 13.9. The maximum Gasteiger partial charge on any atom is 0.269 e. The second-order valence-electron chi connectivity index (χ2n) is 5.32. The van der Waals surface area contributed by atoms with Crippen molar-refractivity contribution in [1.29, 1.82) is 0 Å². The molecule has 0 radical (unpaired) electrons. The van der Waals surface area contributed by atoms with Gasteiger partial charge in [-0.3, -0.25) is 21.0 Å². The Morgan fingerprint density at radius 3 is 2.75 bits per heavy atom. The highest BCUT2D eigenvalue weighted by molar-refractivity contribution is 5.32. The molecule has 0 aromatic heterocycles. The molecule has 6 heteroatoms. The Morgan fingerprint density at radius 2 is 2.15 bits per heavy atom. The topological polar surface area (TPSA) is 79.2 Å². The van der Waals surface area contributed by atoms with Crippen LogP contribution in [0.4, 0.5) is 5.69 Å². The maximum atomic E-state index is 10.5. The molecule has 1 aromatic carbocycles. The quantitative estimate of drug-likeness (QED) is 0.401. The summed E-state index contributed by atoms with van der Waals surface area (Å²) in [5.74, 6) is 0.705. The number of rotatable bonds is 7. The molecule has 110 valence electrons. The molecule has 1 fully saturated rings. The third-order valence-corrected chi connectivity index (χ3v) is 3.81. The van der Waals surface area contributed by atoms with Crippen LogP contribution in [0, 0.1) is 16.0 Å². The maximum absolute atomic E-state index is 10.5. The zero-order chi connectivity index (χ0) is 14.4. The van der Waals surface area contributed by atoms with Crippen LogP contribution in [0.15, 0.2) is 24.3 Å². The first-order valence-corrected chi connectivity index (χ1v) is 7.09. The molecule has 2 rings (SSSR count). The number of hydrazine groups is 1. The molecule has 1 aliphatic heterocycles. The van der Waals surface area contributed by atoms with Crippen LogP contribution < -0.4 is 16.2 Å². The summed E-state index contributed by atoms with van der Waals surface area (Å²) in [4.78, 5) is 10.2. The average Bonchev–Trinajstić information content (AvgIpc) is 2.84. The Bertz CT molecular complexity index is 435. The molecule has 0 saturated carbocycles. The van der Waals surface area contributed by atoms with Gasteiger partial charge in [0.15, 0.2) is 0 Å². The van der Waals surface area contributed by atoms with Crippen molar-refractivity contribution in [1.82, 2.24) is 16.2 Å². The molecule has 2 unspecified atom stereocenters. The molecule has 1 aromatic rings. The fourth-order valence-corrected chi connectivity index (χ4v) is 2.46. The highest BCUT2D eigenvalue weighted by atomic mass is 16.6. The summed E-state index contributed by atoms with van der Waals surface area (Å²) in [5.41, 5.74) is 7.62. The number of benzene rings is 1. The highest BCUT2D eigenvalue weighted by Crippen LogP contribution is 2.14. The van der Waals surface area contributed by atoms with E-state index in [1.807, 2.05) is 0 Å². The predicted molar refractivity (Wildman–Crippen MR) is 78.1 cm³/mol. The summed E-state index contributed by atoms with van der Waals surface area (Å²) in [6, 6.07) is 7.25. The van der Waals surface area contributed by atoms with Crippen LogP contribution in [0.5, 0.6) is 0 Å². The predicted octanol–water partition coefficient (Wildman–Crippen LogP) is 1.58. The van der Waals surface area contributed by atoms with E-state index in [9.17, 15) is 10.1 Å². The number of non-ortho nitro benzene ring substituents is 1. The van der Waals surface area contributed by atoms with Gasteiger partial charge in [-0.1, -0.05) is 12.1 Å². The molecular formula is C14H22N4O2. The lowest BCUT2D eigenvalue weighted by Crippen LogP contribution is -2.28. The zero-order valence-electron chi connectivity index (χ0n) is 11.8. The molecule has 20 heavy (non-hydrogen) atoms. The molecule has 0 bridgehead atoms. The summed E-state index contributed by atoms with van der Waals surface area (Å²) >= 11 is 0. The Labute approximate surface area is 119 Å². The second kappa shape index (κ2) is 7.33. The number of nitrogens with zero attached hydrogens (tertiary/aromatic N) is 1. The summed E-state index contributed by atoms with van der Waals surface area (Å²) < 4.78 is 0. The molecule has 3 N–H and O–H groups in total. The zero-order valence-corrected chi connectivity index (χ0v) is 11.8. The van der Waals surface area contributed by atoms with Crippen LogP contribution >= 0.6 is 0 Å². The van der Waals surface area contributed by atoms with E-state index in [-0.39, 0.29) is 10.6 Å². The highest BCUT2D eigenvalue weighted by Gasteiger charge is 2.21. The lowest BCUT2D eigenvalue weighted by molar-refractivity contribution is -0.384. The van der Waals surface area contributed by atoms with Crippen molar-refractivity contribution in [3.05, 3.63) is 39.9 Å². The van der Waals surface area contributed by atoms with E-state index in [0.29, 0.717) is 12.0 Å². The SMILES string of the molecule is CC1NNCC1CCCNCc1ccc([N+](=O)[O-])cc1. The largest absolute Gasteiger partial charge is 0.313 e. The van der Waals surface area contributed by atoms with E-state index < -0.39 is 0 Å². The minimum atomic E-state index is -0.373. The first-order valence-electron chi connectivity index (χ1n) is 7.09. The number of nitrogens with one attached hydrogen (secondary N) is 3. The van der Waals surface area contributed by atoms with Gasteiger partial charge in [0.1, 0.15) is 0 Å². The van der Waals surface area contributed by atoms with Crippen LogP contribution in [0.2, 0.25) is 0 Å². The number of hydrogen-bond donors (Lipinski definition) is 3. The van der Waals surface area contributed by atoms with E-state index in [1.54, 1.807) is 24.3 Å². The van der Waals surface area contributed by atoms with Gasteiger partial charge in [0.25, 0.3) is 5.69 Å². The van der Waals surface area contributed by atoms with E-state index in [0.717, 1.165) is 31.6 Å². The number of nitro groups is 1. The lowest BCUT2D eigenvalue weighted by Gasteiger charge is -2.13. The Kier molecular flexibility index (Phi) is 5.46. The van der Waals surface area contributed by atoms with Gasteiger partial charge < -0.3 is 5.32 Å². The van der Waals surface area contributed by atoms with Crippen LogP contribution in [0.25, 0.3) is 0 Å². The van der Waals surface area contributed by atoms with Crippen molar-refractivity contribution in [2.75, 3.05) is 13.1 Å². The molecule has 1 saturated heterocycles. The molecule has 2 atom stereocenters. The molecule has 6 nitrogen and oxygen atoms in total. The summed E-state index contributed by atoms with van der Waals surface area (Å²) in [6.45, 7) is 4.98. The van der Waals surface area contributed by atoms with E-state index >= 15 is 0 Å². The fraction of sp³-hybridized carbons (Fsp3) is 0.571. The normalized spacial score (nSPS) is 22.1. The molecule has 1 heterocycles. The Morgan fingerprint density at radius 1 is 1.40 bits per heavy atom. The third kappa shape index (κ3) is 4.26. The van der Waals surface area contributed by atoms with Crippen molar-refractivity contribution in [3.63, 3.8) is 0 Å². The minimum absolute atomic E-state index is 0.143. The van der Waals surface area contributed by atoms with Crippen molar-refractivity contribution < 1.29 is 4.92 Å².